The average molecular weight is 252 g/mol. The Morgan fingerprint density at radius 3 is 2.94 bits per heavy atom. The predicted octanol–water partition coefficient (Wildman–Crippen LogP) is 2.71. The van der Waals surface area contributed by atoms with Gasteiger partial charge in [-0.05, 0) is 51.3 Å². The van der Waals surface area contributed by atoms with Crippen molar-refractivity contribution in [3.8, 4) is 0 Å². The van der Waals surface area contributed by atoms with Crippen molar-refractivity contribution in [2.75, 3.05) is 13.6 Å². The Kier molecular flexibility index (Phi) is 5.01. The Morgan fingerprint density at radius 1 is 1.29 bits per heavy atom. The van der Waals surface area contributed by atoms with E-state index in [0.717, 1.165) is 13.1 Å². The lowest BCUT2D eigenvalue weighted by Crippen LogP contribution is -2.34. The molecule has 1 heterocycles. The maximum absolute atomic E-state index is 3.57. The molecule has 3 heteroatoms. The topological polar surface area (TPSA) is 24.1 Å². The molecule has 1 aliphatic rings. The first kappa shape index (κ1) is 13.1. The SMILES string of the molecule is CNCC(C)NCc1cc2c(s1)CCCCC2. The van der Waals surface area contributed by atoms with Gasteiger partial charge in [0.2, 0.25) is 0 Å². The van der Waals surface area contributed by atoms with Gasteiger partial charge >= 0.3 is 0 Å². The number of hydrogen-bond donors (Lipinski definition) is 2. The van der Waals surface area contributed by atoms with Gasteiger partial charge in [0.1, 0.15) is 0 Å². The van der Waals surface area contributed by atoms with Gasteiger partial charge in [0.05, 0.1) is 0 Å². The number of rotatable bonds is 5. The van der Waals surface area contributed by atoms with Crippen LogP contribution in [0.2, 0.25) is 0 Å². The van der Waals surface area contributed by atoms with Gasteiger partial charge in [-0.15, -0.1) is 11.3 Å². The molecule has 0 saturated carbocycles. The molecule has 0 bridgehead atoms. The minimum absolute atomic E-state index is 0.543. The van der Waals surface area contributed by atoms with Crippen molar-refractivity contribution in [1.82, 2.24) is 10.6 Å². The molecule has 2 rings (SSSR count). The van der Waals surface area contributed by atoms with Gasteiger partial charge in [-0.2, -0.15) is 0 Å². The van der Waals surface area contributed by atoms with Gasteiger partial charge < -0.3 is 10.6 Å². The van der Waals surface area contributed by atoms with Crippen LogP contribution in [-0.4, -0.2) is 19.6 Å². The standard InChI is InChI=1S/C14H24N2S/c1-11(9-15-2)16-10-13-8-12-6-4-3-5-7-14(12)17-13/h8,11,15-16H,3-7,9-10H2,1-2H3. The van der Waals surface area contributed by atoms with E-state index in [1.807, 2.05) is 18.4 Å². The summed E-state index contributed by atoms with van der Waals surface area (Å²) >= 11 is 2.03. The highest BCUT2D eigenvalue weighted by molar-refractivity contribution is 7.12. The summed E-state index contributed by atoms with van der Waals surface area (Å²) in [5.74, 6) is 0. The van der Waals surface area contributed by atoms with Gasteiger partial charge in [-0.25, -0.2) is 0 Å². The fraction of sp³-hybridized carbons (Fsp3) is 0.714. The van der Waals surface area contributed by atoms with E-state index in [9.17, 15) is 0 Å². The second-order valence-electron chi connectivity index (χ2n) is 5.06. The lowest BCUT2D eigenvalue weighted by Gasteiger charge is -2.11. The van der Waals surface area contributed by atoms with Gasteiger partial charge in [0, 0.05) is 28.9 Å². The molecule has 1 aromatic heterocycles. The fourth-order valence-electron chi connectivity index (χ4n) is 2.47. The van der Waals surface area contributed by atoms with E-state index in [4.69, 9.17) is 0 Å². The van der Waals surface area contributed by atoms with Crippen molar-refractivity contribution in [2.45, 2.75) is 51.6 Å². The molecule has 1 aliphatic carbocycles. The molecule has 96 valence electrons. The molecule has 2 N–H and O–H groups in total. The smallest absolute Gasteiger partial charge is 0.0302 e. The molecule has 0 radical (unpaired) electrons. The van der Waals surface area contributed by atoms with Crippen molar-refractivity contribution in [2.24, 2.45) is 0 Å². The van der Waals surface area contributed by atoms with Crippen LogP contribution < -0.4 is 10.6 Å². The summed E-state index contributed by atoms with van der Waals surface area (Å²) in [5.41, 5.74) is 1.63. The van der Waals surface area contributed by atoms with Gasteiger partial charge in [-0.1, -0.05) is 6.42 Å². The summed E-state index contributed by atoms with van der Waals surface area (Å²) in [6.45, 7) is 4.29. The molecule has 1 aromatic rings. The fourth-order valence-corrected chi connectivity index (χ4v) is 3.68. The highest BCUT2D eigenvalue weighted by Gasteiger charge is 2.12. The van der Waals surface area contributed by atoms with Gasteiger partial charge in [-0.3, -0.25) is 0 Å². The molecule has 0 aliphatic heterocycles. The quantitative estimate of drug-likeness (QED) is 0.787. The highest BCUT2D eigenvalue weighted by Crippen LogP contribution is 2.28. The largest absolute Gasteiger partial charge is 0.318 e. The normalized spacial score (nSPS) is 17.5. The van der Waals surface area contributed by atoms with Crippen molar-refractivity contribution in [3.63, 3.8) is 0 Å². The zero-order valence-corrected chi connectivity index (χ0v) is 11.8. The Balaban J connectivity index is 1.89. The molecule has 1 atom stereocenters. The molecule has 2 nitrogen and oxygen atoms in total. The van der Waals surface area contributed by atoms with E-state index in [-0.39, 0.29) is 0 Å². The van der Waals surface area contributed by atoms with Crippen LogP contribution in [0.5, 0.6) is 0 Å². The lowest BCUT2D eigenvalue weighted by atomic mass is 10.1. The number of thiophene rings is 1. The molecular weight excluding hydrogens is 228 g/mol. The Bertz CT molecular complexity index is 322. The number of hydrogen-bond acceptors (Lipinski definition) is 3. The first-order valence-corrected chi connectivity index (χ1v) is 7.59. The second kappa shape index (κ2) is 6.53. The number of nitrogens with one attached hydrogen (secondary N) is 2. The Morgan fingerprint density at radius 2 is 2.12 bits per heavy atom. The van der Waals surface area contributed by atoms with Crippen LogP contribution in [-0.2, 0) is 19.4 Å². The van der Waals surface area contributed by atoms with Crippen LogP contribution in [0.15, 0.2) is 6.07 Å². The first-order valence-electron chi connectivity index (χ1n) is 6.78. The Hall–Kier alpha value is -0.380. The third-order valence-electron chi connectivity index (χ3n) is 3.43. The monoisotopic (exact) mass is 252 g/mol. The van der Waals surface area contributed by atoms with E-state index in [1.54, 1.807) is 10.4 Å². The van der Waals surface area contributed by atoms with E-state index >= 15 is 0 Å². The zero-order valence-electron chi connectivity index (χ0n) is 11.0. The van der Waals surface area contributed by atoms with Crippen molar-refractivity contribution in [3.05, 3.63) is 21.4 Å². The number of fused-ring (bicyclic) bond motifs is 1. The molecular formula is C14H24N2S. The lowest BCUT2D eigenvalue weighted by molar-refractivity contribution is 0.525. The third-order valence-corrected chi connectivity index (χ3v) is 4.67. The molecule has 1 unspecified atom stereocenters. The summed E-state index contributed by atoms with van der Waals surface area (Å²) < 4.78 is 0. The highest BCUT2D eigenvalue weighted by atomic mass is 32.1. The van der Waals surface area contributed by atoms with Crippen LogP contribution >= 0.6 is 11.3 Å². The van der Waals surface area contributed by atoms with Crippen molar-refractivity contribution < 1.29 is 0 Å². The van der Waals surface area contributed by atoms with Gasteiger partial charge in [0.25, 0.3) is 0 Å². The van der Waals surface area contributed by atoms with Crippen LogP contribution in [0.3, 0.4) is 0 Å². The van der Waals surface area contributed by atoms with E-state index in [1.165, 1.54) is 37.0 Å². The van der Waals surface area contributed by atoms with Crippen LogP contribution in [0.4, 0.5) is 0 Å². The summed E-state index contributed by atoms with van der Waals surface area (Å²) in [7, 11) is 2.01. The van der Waals surface area contributed by atoms with E-state index in [0.29, 0.717) is 6.04 Å². The zero-order chi connectivity index (χ0) is 12.1. The number of likely N-dealkylation sites (N-methyl/N-ethyl adjacent to an activating group) is 1. The summed E-state index contributed by atoms with van der Waals surface area (Å²) in [6.07, 6.45) is 6.79. The van der Waals surface area contributed by atoms with Gasteiger partial charge in [0.15, 0.2) is 0 Å². The van der Waals surface area contributed by atoms with Crippen LogP contribution in [0.1, 0.15) is 41.5 Å². The number of aryl methyl sites for hydroxylation is 2. The summed E-state index contributed by atoms with van der Waals surface area (Å²) in [5, 5.41) is 6.77. The van der Waals surface area contributed by atoms with E-state index < -0.39 is 0 Å². The molecule has 0 saturated heterocycles. The average Bonchev–Trinajstić information content (AvgIpc) is 2.57. The maximum Gasteiger partial charge on any atom is 0.0302 e. The minimum atomic E-state index is 0.543. The molecule has 0 fully saturated rings. The summed E-state index contributed by atoms with van der Waals surface area (Å²) in [6, 6.07) is 2.98. The van der Waals surface area contributed by atoms with Crippen molar-refractivity contribution in [1.29, 1.82) is 0 Å². The molecule has 0 spiro atoms. The molecule has 0 amide bonds. The maximum atomic E-state index is 3.57. The molecule has 0 aromatic carbocycles. The second-order valence-corrected chi connectivity index (χ2v) is 6.28. The van der Waals surface area contributed by atoms with Crippen LogP contribution in [0.25, 0.3) is 0 Å². The van der Waals surface area contributed by atoms with E-state index in [2.05, 4.69) is 23.6 Å². The first-order chi connectivity index (χ1) is 8.29. The molecule has 17 heavy (non-hydrogen) atoms. The Labute approximate surface area is 109 Å². The van der Waals surface area contributed by atoms with Crippen LogP contribution in [0, 0.1) is 0 Å². The van der Waals surface area contributed by atoms with Crippen molar-refractivity contribution >= 4 is 11.3 Å². The third kappa shape index (κ3) is 3.80. The minimum Gasteiger partial charge on any atom is -0.318 e. The summed E-state index contributed by atoms with van der Waals surface area (Å²) in [4.78, 5) is 3.17. The predicted molar refractivity (Wildman–Crippen MR) is 75.8 cm³/mol.